The minimum Gasteiger partial charge on any atom is -0.337 e. The highest BCUT2D eigenvalue weighted by Crippen LogP contribution is 2.39. The van der Waals surface area contributed by atoms with Gasteiger partial charge in [-0.15, -0.1) is 5.10 Å². The van der Waals surface area contributed by atoms with E-state index in [1.807, 2.05) is 10.9 Å². The highest BCUT2D eigenvalue weighted by Gasteiger charge is 2.34. The molecular formula is C17H20N6O2. The van der Waals surface area contributed by atoms with Crippen LogP contribution in [0.1, 0.15) is 54.9 Å². The molecule has 8 heteroatoms. The smallest absolute Gasteiger partial charge is 0.254 e. The summed E-state index contributed by atoms with van der Waals surface area (Å²) in [6.45, 7) is 1.29. The van der Waals surface area contributed by atoms with Gasteiger partial charge in [-0.1, -0.05) is 5.21 Å². The van der Waals surface area contributed by atoms with Crippen molar-refractivity contribution in [3.05, 3.63) is 40.3 Å². The standard InChI is InChI=1S/C17H20N6O2/c24-16-5-14(11-1-2-11)18-10-22(16)9-17(25)21-6-13(7-21)23-8-15(19-20-23)12-3-4-12/h5,8,10-13H,1-4,6-7,9H2. The molecule has 0 radical (unpaired) electrons. The van der Waals surface area contributed by atoms with Crippen LogP contribution in [0.4, 0.5) is 0 Å². The average Bonchev–Trinajstić information content (AvgIpc) is 3.47. The molecule has 0 atom stereocenters. The topological polar surface area (TPSA) is 85.9 Å². The fraction of sp³-hybridized carbons (Fsp3) is 0.588. The number of rotatable bonds is 5. The molecule has 8 nitrogen and oxygen atoms in total. The number of aromatic nitrogens is 5. The Morgan fingerprint density at radius 1 is 1.12 bits per heavy atom. The highest BCUT2D eigenvalue weighted by atomic mass is 16.2. The zero-order chi connectivity index (χ0) is 17.0. The van der Waals surface area contributed by atoms with E-state index in [2.05, 4.69) is 15.3 Å². The summed E-state index contributed by atoms with van der Waals surface area (Å²) in [4.78, 5) is 30.6. The molecule has 3 aliphatic rings. The SMILES string of the molecule is O=C(Cn1cnc(C2CC2)cc1=O)N1CC(n2cc(C3CC3)nn2)C1. The van der Waals surface area contributed by atoms with Crippen molar-refractivity contribution in [3.8, 4) is 0 Å². The van der Waals surface area contributed by atoms with Crippen LogP contribution in [0.25, 0.3) is 0 Å². The number of hydrogen-bond acceptors (Lipinski definition) is 5. The molecule has 25 heavy (non-hydrogen) atoms. The molecule has 2 aliphatic carbocycles. The molecule has 0 spiro atoms. The molecule has 5 rings (SSSR count). The second kappa shape index (κ2) is 5.50. The Hall–Kier alpha value is -2.51. The zero-order valence-electron chi connectivity index (χ0n) is 13.9. The Bertz CT molecular complexity index is 873. The first-order valence-electron chi connectivity index (χ1n) is 8.93. The van der Waals surface area contributed by atoms with Gasteiger partial charge in [0.1, 0.15) is 6.54 Å². The van der Waals surface area contributed by atoms with Crippen LogP contribution in [0.3, 0.4) is 0 Å². The summed E-state index contributed by atoms with van der Waals surface area (Å²) in [6, 6.07) is 1.76. The quantitative estimate of drug-likeness (QED) is 0.799. The summed E-state index contributed by atoms with van der Waals surface area (Å²) in [5.41, 5.74) is 1.78. The van der Waals surface area contributed by atoms with Gasteiger partial charge in [0.15, 0.2) is 0 Å². The molecule has 1 aliphatic heterocycles. The van der Waals surface area contributed by atoms with E-state index < -0.39 is 0 Å². The van der Waals surface area contributed by atoms with Crippen molar-refractivity contribution in [1.29, 1.82) is 0 Å². The van der Waals surface area contributed by atoms with E-state index in [-0.39, 0.29) is 24.1 Å². The Labute approximate surface area is 144 Å². The summed E-state index contributed by atoms with van der Waals surface area (Å²) in [5.74, 6) is 0.976. The predicted molar refractivity (Wildman–Crippen MR) is 88.1 cm³/mol. The fourth-order valence-electron chi connectivity index (χ4n) is 3.27. The maximum absolute atomic E-state index is 12.4. The third kappa shape index (κ3) is 2.85. The van der Waals surface area contributed by atoms with Crippen molar-refractivity contribution in [2.75, 3.05) is 13.1 Å². The third-order valence-electron chi connectivity index (χ3n) is 5.31. The number of amides is 1. The average molecular weight is 340 g/mol. The van der Waals surface area contributed by atoms with E-state index in [1.54, 1.807) is 11.0 Å². The number of carbonyl (C=O) groups excluding carboxylic acids is 1. The lowest BCUT2D eigenvalue weighted by atomic mass is 10.1. The number of carbonyl (C=O) groups is 1. The Morgan fingerprint density at radius 3 is 2.52 bits per heavy atom. The van der Waals surface area contributed by atoms with Crippen LogP contribution >= 0.6 is 0 Å². The maximum Gasteiger partial charge on any atom is 0.254 e. The molecule has 0 bridgehead atoms. The van der Waals surface area contributed by atoms with Gasteiger partial charge >= 0.3 is 0 Å². The number of likely N-dealkylation sites (tertiary alicyclic amines) is 1. The Morgan fingerprint density at radius 2 is 1.84 bits per heavy atom. The van der Waals surface area contributed by atoms with Crippen molar-refractivity contribution in [1.82, 2.24) is 29.4 Å². The van der Waals surface area contributed by atoms with Crippen molar-refractivity contribution < 1.29 is 4.79 Å². The highest BCUT2D eigenvalue weighted by molar-refractivity contribution is 5.76. The molecule has 2 saturated carbocycles. The van der Waals surface area contributed by atoms with Crippen molar-refractivity contribution in [2.45, 2.75) is 50.1 Å². The molecule has 2 aromatic heterocycles. The molecule has 2 aromatic rings. The number of nitrogens with zero attached hydrogens (tertiary/aromatic N) is 6. The van der Waals surface area contributed by atoms with Crippen LogP contribution in [0.2, 0.25) is 0 Å². The zero-order valence-corrected chi connectivity index (χ0v) is 13.9. The van der Waals surface area contributed by atoms with Gasteiger partial charge in [-0.2, -0.15) is 0 Å². The lowest BCUT2D eigenvalue weighted by Crippen LogP contribution is -2.52. The first-order chi connectivity index (χ1) is 12.2. The normalized spacial score (nSPS) is 20.6. The maximum atomic E-state index is 12.4. The molecule has 0 unspecified atom stereocenters. The van der Waals surface area contributed by atoms with Crippen LogP contribution < -0.4 is 5.56 Å². The van der Waals surface area contributed by atoms with Gasteiger partial charge in [-0.25, -0.2) is 9.67 Å². The van der Waals surface area contributed by atoms with Gasteiger partial charge in [0.05, 0.1) is 23.8 Å². The van der Waals surface area contributed by atoms with Gasteiger partial charge in [0, 0.05) is 37.2 Å². The van der Waals surface area contributed by atoms with E-state index in [4.69, 9.17) is 0 Å². The van der Waals surface area contributed by atoms with Gasteiger partial charge in [0.2, 0.25) is 5.91 Å². The minimum atomic E-state index is -0.146. The molecule has 0 aromatic carbocycles. The Balaban J connectivity index is 1.19. The summed E-state index contributed by atoms with van der Waals surface area (Å²) < 4.78 is 3.26. The van der Waals surface area contributed by atoms with Gasteiger partial charge in [0.25, 0.3) is 5.56 Å². The summed E-state index contributed by atoms with van der Waals surface area (Å²) in [6.07, 6.45) is 8.14. The molecule has 0 N–H and O–H groups in total. The summed E-state index contributed by atoms with van der Waals surface area (Å²) in [7, 11) is 0. The monoisotopic (exact) mass is 340 g/mol. The van der Waals surface area contributed by atoms with Crippen LogP contribution in [-0.2, 0) is 11.3 Å². The van der Waals surface area contributed by atoms with Gasteiger partial charge in [-0.05, 0) is 25.7 Å². The van der Waals surface area contributed by atoms with Crippen molar-refractivity contribution in [2.24, 2.45) is 0 Å². The summed E-state index contributed by atoms with van der Waals surface area (Å²) in [5, 5.41) is 8.40. The van der Waals surface area contributed by atoms with Crippen molar-refractivity contribution >= 4 is 5.91 Å². The fourth-order valence-corrected chi connectivity index (χ4v) is 3.27. The largest absolute Gasteiger partial charge is 0.337 e. The van der Waals surface area contributed by atoms with Crippen LogP contribution in [-0.4, -0.2) is 48.4 Å². The molecule has 1 amide bonds. The van der Waals surface area contributed by atoms with E-state index in [0.29, 0.717) is 24.9 Å². The molecular weight excluding hydrogens is 320 g/mol. The first-order valence-corrected chi connectivity index (χ1v) is 8.93. The van der Waals surface area contributed by atoms with E-state index in [9.17, 15) is 9.59 Å². The van der Waals surface area contributed by atoms with Gasteiger partial charge in [-0.3, -0.25) is 14.2 Å². The lowest BCUT2D eigenvalue weighted by molar-refractivity contribution is -0.137. The second-order valence-electron chi connectivity index (χ2n) is 7.40. The second-order valence-corrected chi connectivity index (χ2v) is 7.40. The van der Waals surface area contributed by atoms with E-state index in [0.717, 1.165) is 24.2 Å². The molecule has 130 valence electrons. The molecule has 3 heterocycles. The van der Waals surface area contributed by atoms with E-state index >= 15 is 0 Å². The van der Waals surface area contributed by atoms with Crippen LogP contribution in [0.5, 0.6) is 0 Å². The van der Waals surface area contributed by atoms with Crippen molar-refractivity contribution in [3.63, 3.8) is 0 Å². The summed E-state index contributed by atoms with van der Waals surface area (Å²) >= 11 is 0. The molecule has 1 saturated heterocycles. The van der Waals surface area contributed by atoms with E-state index in [1.165, 1.54) is 23.7 Å². The van der Waals surface area contributed by atoms with Gasteiger partial charge < -0.3 is 4.90 Å². The Kier molecular flexibility index (Phi) is 3.26. The first kappa shape index (κ1) is 14.8. The number of hydrogen-bond donors (Lipinski definition) is 0. The molecule has 3 fully saturated rings. The third-order valence-corrected chi connectivity index (χ3v) is 5.31. The minimum absolute atomic E-state index is 0.0498. The van der Waals surface area contributed by atoms with Crippen LogP contribution in [0.15, 0.2) is 23.4 Å². The van der Waals surface area contributed by atoms with Crippen LogP contribution in [0, 0.1) is 0 Å². The predicted octanol–water partition coefficient (Wildman–Crippen LogP) is 0.673. The lowest BCUT2D eigenvalue weighted by Gasteiger charge is -2.38.